The van der Waals surface area contributed by atoms with E-state index in [4.69, 9.17) is 10.1 Å². The third-order valence-electron chi connectivity index (χ3n) is 1.88. The number of aromatic nitrogens is 1. The largest absolute Gasteiger partial charge is 0.232 e. The van der Waals surface area contributed by atoms with E-state index in [2.05, 4.69) is 6.07 Å². The molecule has 0 fully saturated rings. The van der Waals surface area contributed by atoms with E-state index in [0.29, 0.717) is 11.3 Å². The minimum Gasteiger partial charge on any atom is -0.232 e. The van der Waals surface area contributed by atoms with Crippen LogP contribution in [0.1, 0.15) is 5.56 Å². The van der Waals surface area contributed by atoms with Gasteiger partial charge in [0.25, 0.3) is 0 Å². The Balaban J connectivity index is 2.16. The summed E-state index contributed by atoms with van der Waals surface area (Å²) in [5.41, 5.74) is 0.625. The monoisotopic (exact) mass is 197 g/mol. The molecule has 3 nitrogen and oxygen atoms in total. The van der Waals surface area contributed by atoms with E-state index in [0.717, 1.165) is 0 Å². The third-order valence-corrected chi connectivity index (χ3v) is 1.88. The number of nitriles is 1. The molecule has 72 valence electrons. The Kier molecular flexibility index (Phi) is 2.61. The molecule has 0 aliphatic carbocycles. The lowest BCUT2D eigenvalue weighted by molar-refractivity contribution is -0.875. The van der Waals surface area contributed by atoms with Crippen LogP contribution in [0.5, 0.6) is 5.75 Å². The van der Waals surface area contributed by atoms with Gasteiger partial charge in [0, 0.05) is 16.9 Å². The summed E-state index contributed by atoms with van der Waals surface area (Å²) in [6.07, 6.45) is 3.61. The maximum Gasteiger partial charge on any atom is 0.223 e. The molecule has 0 saturated heterocycles. The maximum atomic E-state index is 8.62. The van der Waals surface area contributed by atoms with Crippen molar-refractivity contribution in [1.29, 1.82) is 5.26 Å². The fraction of sp³-hybridized carbons (Fsp3) is 0. The van der Waals surface area contributed by atoms with E-state index >= 15 is 0 Å². The Bertz CT molecular complexity index is 471. The summed E-state index contributed by atoms with van der Waals surface area (Å²) in [6, 6.07) is 14.7. The number of nitrogens with zero attached hydrogens (tertiary/aromatic N) is 2. The van der Waals surface area contributed by atoms with Crippen LogP contribution in [-0.4, -0.2) is 0 Å². The molecule has 15 heavy (non-hydrogen) atoms. The van der Waals surface area contributed by atoms with Crippen LogP contribution in [0.25, 0.3) is 0 Å². The molecule has 0 spiro atoms. The Hall–Kier alpha value is -2.34. The molecule has 2 aromatic rings. The zero-order valence-corrected chi connectivity index (χ0v) is 8.00. The van der Waals surface area contributed by atoms with Crippen LogP contribution in [-0.2, 0) is 0 Å². The molecule has 1 heterocycles. The van der Waals surface area contributed by atoms with Crippen LogP contribution in [0.4, 0.5) is 0 Å². The van der Waals surface area contributed by atoms with Crippen LogP contribution < -0.4 is 9.57 Å². The normalized spacial score (nSPS) is 9.27. The molecule has 2 rings (SSSR count). The van der Waals surface area contributed by atoms with E-state index in [9.17, 15) is 0 Å². The predicted octanol–water partition coefficient (Wildman–Crippen LogP) is 1.69. The van der Waals surface area contributed by atoms with Crippen molar-refractivity contribution in [3.05, 3.63) is 60.4 Å². The van der Waals surface area contributed by atoms with E-state index in [1.807, 2.05) is 18.2 Å². The molecule has 0 atom stereocenters. The first kappa shape index (κ1) is 9.22. The highest BCUT2D eigenvalue weighted by Crippen LogP contribution is 2.09. The van der Waals surface area contributed by atoms with Gasteiger partial charge >= 0.3 is 0 Å². The minimum absolute atomic E-state index is 0.625. The molecule has 0 N–H and O–H groups in total. The van der Waals surface area contributed by atoms with Crippen molar-refractivity contribution in [2.45, 2.75) is 0 Å². The van der Waals surface area contributed by atoms with E-state index in [-0.39, 0.29) is 0 Å². The lowest BCUT2D eigenvalue weighted by atomic mass is 10.2. The number of benzene rings is 1. The van der Waals surface area contributed by atoms with Gasteiger partial charge in [-0.05, 0) is 24.3 Å². The van der Waals surface area contributed by atoms with Crippen molar-refractivity contribution < 1.29 is 9.57 Å². The first-order valence-electron chi connectivity index (χ1n) is 4.53. The van der Waals surface area contributed by atoms with Gasteiger partial charge in [0.15, 0.2) is 0 Å². The van der Waals surface area contributed by atoms with Gasteiger partial charge in [0.1, 0.15) is 0 Å². The summed E-state index contributed by atoms with van der Waals surface area (Å²) in [5.74, 6) is 0.699. The molecule has 0 radical (unpaired) electrons. The molecule has 0 aliphatic heterocycles. The molecule has 3 heteroatoms. The van der Waals surface area contributed by atoms with Crippen molar-refractivity contribution in [2.75, 3.05) is 0 Å². The molecule has 0 saturated carbocycles. The zero-order chi connectivity index (χ0) is 10.5. The van der Waals surface area contributed by atoms with Gasteiger partial charge in [0.2, 0.25) is 18.1 Å². The average molecular weight is 197 g/mol. The molecule has 0 unspecified atom stereocenters. The topological polar surface area (TPSA) is 36.9 Å². The summed E-state index contributed by atoms with van der Waals surface area (Å²) in [4.78, 5) is 5.49. The van der Waals surface area contributed by atoms with E-state index < -0.39 is 0 Å². The van der Waals surface area contributed by atoms with Crippen molar-refractivity contribution >= 4 is 0 Å². The summed E-state index contributed by atoms with van der Waals surface area (Å²) < 4.78 is 1.60. The SMILES string of the molecule is N#Cc1ccc(O[n+]2ccccc2)cc1. The fourth-order valence-electron chi connectivity index (χ4n) is 1.16. The van der Waals surface area contributed by atoms with Gasteiger partial charge in [-0.25, -0.2) is 4.84 Å². The number of rotatable bonds is 2. The van der Waals surface area contributed by atoms with Gasteiger partial charge in [-0.1, -0.05) is 6.07 Å². The predicted molar refractivity (Wildman–Crippen MR) is 53.8 cm³/mol. The Morgan fingerprint density at radius 2 is 1.67 bits per heavy atom. The summed E-state index contributed by atoms with van der Waals surface area (Å²) >= 11 is 0. The zero-order valence-electron chi connectivity index (χ0n) is 8.00. The van der Waals surface area contributed by atoms with Crippen molar-refractivity contribution in [1.82, 2.24) is 0 Å². The number of pyridine rings is 1. The Morgan fingerprint density at radius 3 is 2.27 bits per heavy atom. The van der Waals surface area contributed by atoms with Gasteiger partial charge < -0.3 is 0 Å². The van der Waals surface area contributed by atoms with Crippen LogP contribution >= 0.6 is 0 Å². The minimum atomic E-state index is 0.625. The first-order chi connectivity index (χ1) is 7.38. The second-order valence-corrected chi connectivity index (χ2v) is 2.96. The van der Waals surface area contributed by atoms with E-state index in [1.54, 1.807) is 41.4 Å². The van der Waals surface area contributed by atoms with Crippen molar-refractivity contribution in [3.8, 4) is 11.8 Å². The van der Waals surface area contributed by atoms with Crippen molar-refractivity contribution in [3.63, 3.8) is 0 Å². The average Bonchev–Trinajstić information content (AvgIpc) is 2.31. The lowest BCUT2D eigenvalue weighted by Crippen LogP contribution is -2.38. The molecule has 0 aliphatic rings. The smallest absolute Gasteiger partial charge is 0.223 e. The van der Waals surface area contributed by atoms with Gasteiger partial charge in [-0.3, -0.25) is 0 Å². The summed E-state index contributed by atoms with van der Waals surface area (Å²) in [7, 11) is 0. The second-order valence-electron chi connectivity index (χ2n) is 2.96. The highest BCUT2D eigenvalue weighted by molar-refractivity contribution is 5.34. The summed E-state index contributed by atoms with van der Waals surface area (Å²) in [6.45, 7) is 0. The summed E-state index contributed by atoms with van der Waals surface area (Å²) in [5, 5.41) is 8.62. The first-order valence-corrected chi connectivity index (χ1v) is 4.53. The molecule has 1 aromatic heterocycles. The number of hydrogen-bond donors (Lipinski definition) is 0. The number of hydrogen-bond acceptors (Lipinski definition) is 2. The standard InChI is InChI=1S/C12H9N2O/c13-10-11-4-6-12(7-5-11)15-14-8-2-1-3-9-14/h1-9H/q+1. The Morgan fingerprint density at radius 1 is 1.00 bits per heavy atom. The molecular weight excluding hydrogens is 188 g/mol. The van der Waals surface area contributed by atoms with Crippen LogP contribution in [0.15, 0.2) is 54.9 Å². The maximum absolute atomic E-state index is 8.62. The highest BCUT2D eigenvalue weighted by Gasteiger charge is 2.01. The van der Waals surface area contributed by atoms with Crippen LogP contribution in [0.3, 0.4) is 0 Å². The van der Waals surface area contributed by atoms with E-state index in [1.165, 1.54) is 0 Å². The second kappa shape index (κ2) is 4.25. The van der Waals surface area contributed by atoms with Gasteiger partial charge in [-0.2, -0.15) is 5.26 Å². The lowest BCUT2D eigenvalue weighted by Gasteiger charge is -1.96. The van der Waals surface area contributed by atoms with Crippen molar-refractivity contribution in [2.24, 2.45) is 0 Å². The molecule has 0 bridgehead atoms. The third kappa shape index (κ3) is 2.32. The highest BCUT2D eigenvalue weighted by atomic mass is 16.7. The molecule has 1 aromatic carbocycles. The Labute approximate surface area is 87.7 Å². The van der Waals surface area contributed by atoms with Crippen LogP contribution in [0, 0.1) is 11.3 Å². The van der Waals surface area contributed by atoms with Gasteiger partial charge in [-0.15, -0.1) is 0 Å². The van der Waals surface area contributed by atoms with Gasteiger partial charge in [0.05, 0.1) is 11.6 Å². The van der Waals surface area contributed by atoms with Crippen LogP contribution in [0.2, 0.25) is 0 Å². The fourth-order valence-corrected chi connectivity index (χ4v) is 1.16. The molecule has 0 amide bonds. The molecular formula is C12H9N2O+. The quantitative estimate of drug-likeness (QED) is 0.687.